The minimum atomic E-state index is -0.239. The van der Waals surface area contributed by atoms with Gasteiger partial charge in [0.15, 0.2) is 0 Å². The second kappa shape index (κ2) is 17.6. The van der Waals surface area contributed by atoms with Crippen molar-refractivity contribution in [1.29, 1.82) is 0 Å². The molecule has 134 valence electrons. The molecule has 0 aromatic carbocycles. The monoisotopic (exact) mass is 350 g/mol. The van der Waals surface area contributed by atoms with Crippen molar-refractivity contribution in [3.8, 4) is 0 Å². The van der Waals surface area contributed by atoms with Crippen molar-refractivity contribution in [2.24, 2.45) is 0 Å². The van der Waals surface area contributed by atoms with Gasteiger partial charge < -0.3 is 18.9 Å². The molecule has 0 amide bonds. The molecule has 0 spiro atoms. The molecule has 0 atom stereocenters. The molecule has 0 N–H and O–H groups in total. The topological polar surface area (TPSA) is 36.9 Å². The predicted molar refractivity (Wildman–Crippen MR) is 99.3 cm³/mol. The Morgan fingerprint density at radius 1 is 0.545 bits per heavy atom. The normalized spacial score (nSPS) is 12.8. The first-order valence-electron chi connectivity index (χ1n) is 9.24. The van der Waals surface area contributed by atoms with Gasteiger partial charge in [0.1, 0.15) is 11.8 Å². The van der Waals surface area contributed by atoms with Crippen molar-refractivity contribution in [2.45, 2.75) is 77.3 Å². The fraction of sp³-hybridized carbons (Fsp3) is 1.00. The molecule has 6 heteroatoms. The van der Waals surface area contributed by atoms with Gasteiger partial charge in [0.2, 0.25) is 0 Å². The largest absolute Gasteiger partial charge is 0.357 e. The molecule has 0 saturated heterocycles. The van der Waals surface area contributed by atoms with E-state index in [-0.39, 0.29) is 30.9 Å². The molecule has 0 aliphatic carbocycles. The average molecular weight is 351 g/mol. The molecule has 0 unspecified atom stereocenters. The summed E-state index contributed by atoms with van der Waals surface area (Å²) in [7, 11) is -0.477. The first-order chi connectivity index (χ1) is 10.8. The Kier molecular flexibility index (Phi) is 17.8. The maximum atomic E-state index is 5.62. The van der Waals surface area contributed by atoms with Crippen molar-refractivity contribution in [2.75, 3.05) is 26.4 Å². The zero-order valence-electron chi connectivity index (χ0n) is 15.3. The van der Waals surface area contributed by atoms with E-state index in [0.29, 0.717) is 0 Å². The van der Waals surface area contributed by atoms with E-state index >= 15 is 0 Å². The molecule has 0 aromatic rings. The number of hydrogen-bond donors (Lipinski definition) is 0. The van der Waals surface area contributed by atoms with Crippen molar-refractivity contribution < 1.29 is 18.9 Å². The summed E-state index contributed by atoms with van der Waals surface area (Å²) in [5, 5.41) is 0. The lowest BCUT2D eigenvalue weighted by Crippen LogP contribution is -2.24. The van der Waals surface area contributed by atoms with Gasteiger partial charge in [0.05, 0.1) is 19.0 Å². The van der Waals surface area contributed by atoms with Gasteiger partial charge in [-0.1, -0.05) is 37.8 Å². The first kappa shape index (κ1) is 22.3. The number of rotatable bonds is 17. The standard InChI is InChI=1S/C16H38O4Si2/c1-5-17-15(18-6-2)21-13-11-9-10-12-14-22-16(19-7-3)20-8-4/h15-16H,5-14,21-22H2,1-4H3. The molecule has 0 radical (unpaired) electrons. The Morgan fingerprint density at radius 3 is 1.14 bits per heavy atom. The quantitative estimate of drug-likeness (QED) is 0.229. The van der Waals surface area contributed by atoms with Crippen LogP contribution in [0.1, 0.15) is 53.4 Å². The maximum absolute atomic E-state index is 5.62. The number of unbranched alkanes of at least 4 members (excludes halogenated alkanes) is 3. The fourth-order valence-electron chi connectivity index (χ4n) is 2.50. The van der Waals surface area contributed by atoms with Gasteiger partial charge in [-0.25, -0.2) is 0 Å². The third kappa shape index (κ3) is 13.9. The fourth-order valence-corrected chi connectivity index (χ4v) is 6.06. The lowest BCUT2D eigenvalue weighted by molar-refractivity contribution is -0.0830. The molecular formula is C16H38O4Si2. The van der Waals surface area contributed by atoms with E-state index in [1.54, 1.807) is 0 Å². The number of ether oxygens (including phenoxy) is 4. The summed E-state index contributed by atoms with van der Waals surface area (Å²) in [5.41, 5.74) is 0. The van der Waals surface area contributed by atoms with E-state index in [4.69, 9.17) is 18.9 Å². The molecule has 0 aliphatic heterocycles. The SMILES string of the molecule is CCOC(OCC)[SiH2]CCCCCC[SiH2]C(OCC)OCC. The van der Waals surface area contributed by atoms with Gasteiger partial charge >= 0.3 is 0 Å². The van der Waals surface area contributed by atoms with Gasteiger partial charge in [-0.15, -0.1) is 0 Å². The summed E-state index contributed by atoms with van der Waals surface area (Å²) >= 11 is 0. The van der Waals surface area contributed by atoms with Crippen LogP contribution in [0.3, 0.4) is 0 Å². The highest BCUT2D eigenvalue weighted by Crippen LogP contribution is 2.09. The second-order valence-electron chi connectivity index (χ2n) is 5.38. The zero-order chi connectivity index (χ0) is 16.5. The van der Waals surface area contributed by atoms with Gasteiger partial charge in [-0.2, -0.15) is 0 Å². The summed E-state index contributed by atoms with van der Waals surface area (Å²) < 4.78 is 22.5. The maximum Gasteiger partial charge on any atom is 0.134 e. The zero-order valence-corrected chi connectivity index (χ0v) is 18.1. The van der Waals surface area contributed by atoms with Gasteiger partial charge in [0, 0.05) is 26.4 Å². The Morgan fingerprint density at radius 2 is 0.864 bits per heavy atom. The van der Waals surface area contributed by atoms with Gasteiger partial charge in [-0.3, -0.25) is 0 Å². The smallest absolute Gasteiger partial charge is 0.134 e. The summed E-state index contributed by atoms with van der Waals surface area (Å²) in [6, 6.07) is 2.67. The molecule has 0 bridgehead atoms. The Hall–Kier alpha value is 0.274. The van der Waals surface area contributed by atoms with Crippen LogP contribution in [-0.2, 0) is 18.9 Å². The van der Waals surface area contributed by atoms with Crippen LogP contribution in [0.25, 0.3) is 0 Å². The Bertz CT molecular complexity index is 186. The molecule has 0 heterocycles. The van der Waals surface area contributed by atoms with Crippen LogP contribution in [0.5, 0.6) is 0 Å². The molecule has 0 saturated carbocycles. The van der Waals surface area contributed by atoms with Crippen LogP contribution in [-0.4, -0.2) is 57.3 Å². The van der Waals surface area contributed by atoms with E-state index in [1.807, 2.05) is 27.7 Å². The van der Waals surface area contributed by atoms with Gasteiger partial charge in [0.25, 0.3) is 0 Å². The van der Waals surface area contributed by atoms with E-state index in [0.717, 1.165) is 26.4 Å². The minimum absolute atomic E-state index is 0.139. The van der Waals surface area contributed by atoms with Crippen LogP contribution in [0.4, 0.5) is 0 Å². The van der Waals surface area contributed by atoms with E-state index in [1.165, 1.54) is 37.8 Å². The van der Waals surface area contributed by atoms with Gasteiger partial charge in [-0.05, 0) is 27.7 Å². The summed E-state index contributed by atoms with van der Waals surface area (Å²) in [4.78, 5) is 0. The molecule has 22 heavy (non-hydrogen) atoms. The molecule has 4 nitrogen and oxygen atoms in total. The van der Waals surface area contributed by atoms with Crippen LogP contribution in [0.15, 0.2) is 0 Å². The molecule has 0 aromatic heterocycles. The van der Waals surface area contributed by atoms with Crippen molar-refractivity contribution in [1.82, 2.24) is 0 Å². The Balaban J connectivity index is 3.44. The summed E-state index contributed by atoms with van der Waals surface area (Å²) in [5.74, 6) is 0.279. The van der Waals surface area contributed by atoms with Crippen molar-refractivity contribution in [3.63, 3.8) is 0 Å². The highest BCUT2D eigenvalue weighted by Gasteiger charge is 2.09. The third-order valence-electron chi connectivity index (χ3n) is 3.54. The first-order valence-corrected chi connectivity index (χ1v) is 12.9. The molecule has 0 aliphatic rings. The Labute approximate surface area is 142 Å². The lowest BCUT2D eigenvalue weighted by Gasteiger charge is -2.16. The summed E-state index contributed by atoms with van der Waals surface area (Å²) in [6.45, 7) is 11.2. The average Bonchev–Trinajstić information content (AvgIpc) is 2.50. The summed E-state index contributed by atoms with van der Waals surface area (Å²) in [6.07, 6.45) is 5.37. The van der Waals surface area contributed by atoms with Crippen molar-refractivity contribution in [3.05, 3.63) is 0 Å². The molecule has 0 fully saturated rings. The highest BCUT2D eigenvalue weighted by molar-refractivity contribution is 6.36. The minimum Gasteiger partial charge on any atom is -0.357 e. The second-order valence-corrected chi connectivity index (χ2v) is 9.28. The van der Waals surface area contributed by atoms with Crippen molar-refractivity contribution >= 4 is 19.0 Å². The molecule has 0 rings (SSSR count). The van der Waals surface area contributed by atoms with Crippen LogP contribution in [0, 0.1) is 0 Å². The predicted octanol–water partition coefficient (Wildman–Crippen LogP) is 2.43. The van der Waals surface area contributed by atoms with Crippen LogP contribution in [0.2, 0.25) is 12.1 Å². The lowest BCUT2D eigenvalue weighted by atomic mass is 10.2. The van der Waals surface area contributed by atoms with E-state index < -0.39 is 0 Å². The van der Waals surface area contributed by atoms with Crippen LogP contribution >= 0.6 is 0 Å². The highest BCUT2D eigenvalue weighted by atomic mass is 28.2. The molecular weight excluding hydrogens is 312 g/mol. The van der Waals surface area contributed by atoms with E-state index in [2.05, 4.69) is 0 Å². The van der Waals surface area contributed by atoms with Crippen LogP contribution < -0.4 is 0 Å². The third-order valence-corrected chi connectivity index (χ3v) is 7.24. The van der Waals surface area contributed by atoms with E-state index in [9.17, 15) is 0 Å². The number of hydrogen-bond acceptors (Lipinski definition) is 4.